The molecule has 0 amide bonds. The van der Waals surface area contributed by atoms with Crippen molar-refractivity contribution in [1.82, 2.24) is 4.90 Å². The zero-order valence-corrected chi connectivity index (χ0v) is 12.4. The summed E-state index contributed by atoms with van der Waals surface area (Å²) >= 11 is 1.86. The van der Waals surface area contributed by atoms with E-state index in [2.05, 4.69) is 37.9 Å². The lowest BCUT2D eigenvalue weighted by atomic mass is 10.0. The summed E-state index contributed by atoms with van der Waals surface area (Å²) in [7, 11) is 2.21. The summed E-state index contributed by atoms with van der Waals surface area (Å²) in [5.74, 6) is 0. The molecule has 1 aliphatic rings. The molecule has 3 nitrogen and oxygen atoms in total. The zero-order valence-electron chi connectivity index (χ0n) is 11.6. The van der Waals surface area contributed by atoms with Gasteiger partial charge in [-0.1, -0.05) is 0 Å². The molecule has 0 radical (unpaired) electrons. The van der Waals surface area contributed by atoms with Gasteiger partial charge in [-0.05, 0) is 45.9 Å². The summed E-state index contributed by atoms with van der Waals surface area (Å²) in [5.41, 5.74) is 6.22. The van der Waals surface area contributed by atoms with Crippen molar-refractivity contribution >= 4 is 11.3 Å². The molecule has 1 aromatic rings. The van der Waals surface area contributed by atoms with Crippen LogP contribution < -0.4 is 5.73 Å². The van der Waals surface area contributed by atoms with E-state index in [0.717, 1.165) is 26.1 Å². The van der Waals surface area contributed by atoms with Crippen molar-refractivity contribution in [2.24, 2.45) is 5.73 Å². The van der Waals surface area contributed by atoms with E-state index in [-0.39, 0.29) is 6.04 Å². The summed E-state index contributed by atoms with van der Waals surface area (Å²) in [5, 5.41) is 0. The Hall–Kier alpha value is -0.420. The van der Waals surface area contributed by atoms with Gasteiger partial charge in [0.25, 0.3) is 0 Å². The third-order valence-corrected chi connectivity index (χ3v) is 4.83. The summed E-state index contributed by atoms with van der Waals surface area (Å²) in [4.78, 5) is 5.20. The smallest absolute Gasteiger partial charge is 0.0590 e. The summed E-state index contributed by atoms with van der Waals surface area (Å²) in [6.45, 7) is 6.02. The lowest BCUT2D eigenvalue weighted by Crippen LogP contribution is -2.44. The Morgan fingerprint density at radius 3 is 2.56 bits per heavy atom. The highest BCUT2D eigenvalue weighted by molar-refractivity contribution is 7.12. The fraction of sp³-hybridized carbons (Fsp3) is 0.714. The molecular formula is C14H24N2OS. The van der Waals surface area contributed by atoms with E-state index in [1.807, 2.05) is 11.3 Å². The number of aryl methyl sites for hydroxylation is 1. The van der Waals surface area contributed by atoms with Gasteiger partial charge in [-0.3, -0.25) is 4.90 Å². The number of hydrogen-bond donors (Lipinski definition) is 1. The van der Waals surface area contributed by atoms with Gasteiger partial charge in [-0.25, -0.2) is 0 Å². The molecule has 102 valence electrons. The van der Waals surface area contributed by atoms with Crippen LogP contribution in [-0.4, -0.2) is 37.2 Å². The first-order chi connectivity index (χ1) is 8.59. The molecule has 0 aromatic carbocycles. The van der Waals surface area contributed by atoms with Gasteiger partial charge in [0.05, 0.1) is 6.04 Å². The maximum absolute atomic E-state index is 6.22. The van der Waals surface area contributed by atoms with E-state index in [9.17, 15) is 0 Å². The number of thiophene rings is 1. The predicted molar refractivity (Wildman–Crippen MR) is 77.1 cm³/mol. The molecule has 1 aliphatic heterocycles. The van der Waals surface area contributed by atoms with Gasteiger partial charge in [0.1, 0.15) is 0 Å². The Balaban J connectivity index is 2.13. The van der Waals surface area contributed by atoms with Crippen LogP contribution in [0.2, 0.25) is 0 Å². The second-order valence-corrected chi connectivity index (χ2v) is 6.58. The Bertz CT molecular complexity index is 372. The fourth-order valence-corrected chi connectivity index (χ4v) is 3.91. The second-order valence-electron chi connectivity index (χ2n) is 5.26. The Labute approximate surface area is 114 Å². The third-order valence-electron chi connectivity index (χ3n) is 3.76. The topological polar surface area (TPSA) is 38.5 Å². The van der Waals surface area contributed by atoms with Gasteiger partial charge in [0, 0.05) is 35.1 Å². The quantitative estimate of drug-likeness (QED) is 0.912. The molecule has 0 bridgehead atoms. The molecular weight excluding hydrogens is 244 g/mol. The second kappa shape index (κ2) is 6.15. The van der Waals surface area contributed by atoms with Crippen molar-refractivity contribution in [3.05, 3.63) is 21.9 Å². The molecule has 2 unspecified atom stereocenters. The third kappa shape index (κ3) is 3.12. The van der Waals surface area contributed by atoms with Gasteiger partial charge in [-0.15, -0.1) is 11.3 Å². The fourth-order valence-electron chi connectivity index (χ4n) is 2.76. The van der Waals surface area contributed by atoms with Crippen molar-refractivity contribution in [1.29, 1.82) is 0 Å². The predicted octanol–water partition coefficient (Wildman–Crippen LogP) is 2.56. The molecule has 2 heterocycles. The van der Waals surface area contributed by atoms with E-state index in [1.54, 1.807) is 0 Å². The van der Waals surface area contributed by atoms with Crippen LogP contribution in [0, 0.1) is 6.92 Å². The van der Waals surface area contributed by atoms with E-state index in [1.165, 1.54) is 9.75 Å². The summed E-state index contributed by atoms with van der Waals surface area (Å²) in [6, 6.07) is 5.48. The van der Waals surface area contributed by atoms with Crippen molar-refractivity contribution in [3.63, 3.8) is 0 Å². The maximum atomic E-state index is 6.22. The van der Waals surface area contributed by atoms with Crippen LogP contribution in [0.25, 0.3) is 0 Å². The molecule has 1 saturated heterocycles. The van der Waals surface area contributed by atoms with Crippen molar-refractivity contribution < 1.29 is 4.74 Å². The number of rotatable bonds is 4. The highest BCUT2D eigenvalue weighted by Crippen LogP contribution is 2.31. The van der Waals surface area contributed by atoms with Gasteiger partial charge in [0.15, 0.2) is 0 Å². The Morgan fingerprint density at radius 2 is 2.06 bits per heavy atom. The van der Waals surface area contributed by atoms with E-state index < -0.39 is 0 Å². The first-order valence-corrected chi connectivity index (χ1v) is 7.53. The van der Waals surface area contributed by atoms with Crippen molar-refractivity contribution in [2.45, 2.75) is 44.8 Å². The minimum Gasteiger partial charge on any atom is -0.381 e. The van der Waals surface area contributed by atoms with Crippen molar-refractivity contribution in [2.75, 3.05) is 20.3 Å². The van der Waals surface area contributed by atoms with Crippen LogP contribution in [0.1, 0.15) is 35.6 Å². The van der Waals surface area contributed by atoms with Crippen LogP contribution >= 0.6 is 11.3 Å². The molecule has 1 fully saturated rings. The Morgan fingerprint density at radius 1 is 1.39 bits per heavy atom. The molecule has 0 spiro atoms. The summed E-state index contributed by atoms with van der Waals surface area (Å²) < 4.78 is 5.44. The van der Waals surface area contributed by atoms with E-state index in [0.29, 0.717) is 12.1 Å². The maximum Gasteiger partial charge on any atom is 0.0590 e. The molecule has 18 heavy (non-hydrogen) atoms. The standard InChI is InChI=1S/C14H24N2OS/c1-10-4-5-13(18-10)14(11(2)15)16(3)12-6-8-17-9-7-12/h4-5,11-12,14H,6-9,15H2,1-3H3. The van der Waals surface area contributed by atoms with Gasteiger partial charge in [0.2, 0.25) is 0 Å². The van der Waals surface area contributed by atoms with Gasteiger partial charge >= 0.3 is 0 Å². The number of likely N-dealkylation sites (N-methyl/N-ethyl adjacent to an activating group) is 1. The normalized spacial score (nSPS) is 21.2. The largest absolute Gasteiger partial charge is 0.381 e. The van der Waals surface area contributed by atoms with E-state index in [4.69, 9.17) is 10.5 Å². The van der Waals surface area contributed by atoms with Crippen LogP contribution in [0.4, 0.5) is 0 Å². The highest BCUT2D eigenvalue weighted by Gasteiger charge is 2.29. The molecule has 2 atom stereocenters. The average Bonchev–Trinajstić information content (AvgIpc) is 2.76. The first-order valence-electron chi connectivity index (χ1n) is 6.71. The Kier molecular flexibility index (Phi) is 4.78. The highest BCUT2D eigenvalue weighted by atomic mass is 32.1. The SMILES string of the molecule is Cc1ccc(C(C(C)N)N(C)C2CCOCC2)s1. The number of nitrogens with two attached hydrogens (primary N) is 1. The van der Waals surface area contributed by atoms with E-state index >= 15 is 0 Å². The molecule has 2 N–H and O–H groups in total. The van der Waals surface area contributed by atoms with Gasteiger partial charge < -0.3 is 10.5 Å². The number of ether oxygens (including phenoxy) is 1. The van der Waals surface area contributed by atoms with Crippen LogP contribution in [0.3, 0.4) is 0 Å². The zero-order chi connectivity index (χ0) is 13.1. The number of nitrogens with zero attached hydrogens (tertiary/aromatic N) is 1. The molecule has 0 saturated carbocycles. The van der Waals surface area contributed by atoms with Crippen LogP contribution in [-0.2, 0) is 4.74 Å². The minimum atomic E-state index is 0.149. The van der Waals surface area contributed by atoms with Gasteiger partial charge in [-0.2, -0.15) is 0 Å². The monoisotopic (exact) mass is 268 g/mol. The lowest BCUT2D eigenvalue weighted by molar-refractivity contribution is 0.0252. The first kappa shape index (κ1) is 14.0. The molecule has 0 aliphatic carbocycles. The van der Waals surface area contributed by atoms with Crippen molar-refractivity contribution in [3.8, 4) is 0 Å². The molecule has 2 rings (SSSR count). The summed E-state index contributed by atoms with van der Waals surface area (Å²) in [6.07, 6.45) is 2.23. The van der Waals surface area contributed by atoms with Crippen LogP contribution in [0.5, 0.6) is 0 Å². The number of hydrogen-bond acceptors (Lipinski definition) is 4. The van der Waals surface area contributed by atoms with Crippen LogP contribution in [0.15, 0.2) is 12.1 Å². The molecule has 4 heteroatoms. The molecule has 1 aromatic heterocycles. The minimum absolute atomic E-state index is 0.149. The average molecular weight is 268 g/mol. The lowest BCUT2D eigenvalue weighted by Gasteiger charge is -2.38.